The largest absolute Gasteiger partial charge is 0.457 e. The summed E-state index contributed by atoms with van der Waals surface area (Å²) in [6.07, 6.45) is -19.5. The van der Waals surface area contributed by atoms with Crippen molar-refractivity contribution in [3.05, 3.63) is 11.1 Å². The van der Waals surface area contributed by atoms with Gasteiger partial charge in [-0.2, -0.15) is 48.3 Å². The molecule has 13 heteroatoms. The molecule has 0 radical (unpaired) electrons. The Morgan fingerprint density at radius 3 is 0.917 bits per heavy atom. The van der Waals surface area contributed by atoms with Crippen LogP contribution in [0.3, 0.4) is 0 Å². The van der Waals surface area contributed by atoms with Crippen molar-refractivity contribution in [1.82, 2.24) is 0 Å². The van der Waals surface area contributed by atoms with Crippen molar-refractivity contribution in [2.75, 3.05) is 0 Å². The Bertz CT molecular complexity index is 469. The van der Waals surface area contributed by atoms with Crippen molar-refractivity contribution < 1.29 is 57.1 Å². The molecule has 144 valence electrons. The third kappa shape index (κ3) is 3.58. The van der Waals surface area contributed by atoms with Gasteiger partial charge in [-0.1, -0.05) is 0 Å². The SMILES string of the molecule is CC(=C(C(C)(F)C(F)(F)F)C(C)(F)C(F)(F)F)C(F)(F)C(F)(F)F. The van der Waals surface area contributed by atoms with Crippen molar-refractivity contribution in [1.29, 1.82) is 0 Å². The standard InChI is InChI=1S/C11H9F13/c1-4(8(14,15)11(22,23)24)5(6(2,12)9(16,17)18)7(3,13)10(19,20)21/h1-3H3. The molecule has 24 heavy (non-hydrogen) atoms. The van der Waals surface area contributed by atoms with Gasteiger partial charge in [-0.05, 0) is 20.8 Å². The second-order valence-corrected chi connectivity index (χ2v) is 5.07. The smallest absolute Gasteiger partial charge is 0.229 e. The lowest BCUT2D eigenvalue weighted by atomic mass is 9.79. The molecular formula is C11H9F13. The van der Waals surface area contributed by atoms with Crippen molar-refractivity contribution in [2.24, 2.45) is 0 Å². The van der Waals surface area contributed by atoms with E-state index in [1.54, 1.807) is 0 Å². The Balaban J connectivity index is 7.01. The van der Waals surface area contributed by atoms with Crippen LogP contribution in [0.25, 0.3) is 0 Å². The minimum atomic E-state index is -6.67. The number of allylic oxidation sites excluding steroid dienone is 2. The number of halogens is 13. The first-order chi connectivity index (χ1) is 10.0. The lowest BCUT2D eigenvalue weighted by Crippen LogP contribution is -2.54. The summed E-state index contributed by atoms with van der Waals surface area (Å²) < 4.78 is 166. The van der Waals surface area contributed by atoms with Crippen LogP contribution in [0, 0.1) is 0 Å². The Kier molecular flexibility index (Phi) is 5.40. The van der Waals surface area contributed by atoms with Gasteiger partial charge < -0.3 is 0 Å². The fourth-order valence-electron chi connectivity index (χ4n) is 1.80. The van der Waals surface area contributed by atoms with Gasteiger partial charge in [-0.25, -0.2) is 8.78 Å². The van der Waals surface area contributed by atoms with Crippen molar-refractivity contribution in [3.8, 4) is 0 Å². The molecular weight excluding hydrogens is 379 g/mol. The van der Waals surface area contributed by atoms with Gasteiger partial charge in [0.2, 0.25) is 11.3 Å². The molecule has 0 rings (SSSR count). The number of hydrogen-bond donors (Lipinski definition) is 0. The van der Waals surface area contributed by atoms with Crippen molar-refractivity contribution in [2.45, 2.75) is 56.6 Å². The molecule has 0 heterocycles. The molecule has 0 fully saturated rings. The second kappa shape index (κ2) is 5.68. The van der Waals surface area contributed by atoms with Gasteiger partial charge in [0.15, 0.2) is 0 Å². The molecule has 0 saturated carbocycles. The molecule has 0 aliphatic rings. The van der Waals surface area contributed by atoms with Crippen LogP contribution in [0.15, 0.2) is 11.1 Å². The molecule has 0 saturated heterocycles. The summed E-state index contributed by atoms with van der Waals surface area (Å²) in [5, 5.41) is 0. The Morgan fingerprint density at radius 2 is 0.750 bits per heavy atom. The monoisotopic (exact) mass is 388 g/mol. The first-order valence-electron chi connectivity index (χ1n) is 5.71. The molecule has 0 nitrogen and oxygen atoms in total. The highest BCUT2D eigenvalue weighted by atomic mass is 19.4. The van der Waals surface area contributed by atoms with Gasteiger partial charge >= 0.3 is 24.5 Å². The van der Waals surface area contributed by atoms with E-state index in [-0.39, 0.29) is 0 Å². The van der Waals surface area contributed by atoms with Crippen LogP contribution in [0.5, 0.6) is 0 Å². The molecule has 2 unspecified atom stereocenters. The van der Waals surface area contributed by atoms with Gasteiger partial charge in [-0.15, -0.1) is 0 Å². The van der Waals surface area contributed by atoms with Gasteiger partial charge in [0.25, 0.3) is 0 Å². The maximum absolute atomic E-state index is 13.8. The van der Waals surface area contributed by atoms with Crippen molar-refractivity contribution >= 4 is 0 Å². The van der Waals surface area contributed by atoms with Crippen LogP contribution >= 0.6 is 0 Å². The highest BCUT2D eigenvalue weighted by Crippen LogP contribution is 2.54. The molecule has 2 atom stereocenters. The minimum absolute atomic E-state index is 0.546. The summed E-state index contributed by atoms with van der Waals surface area (Å²) >= 11 is 0. The van der Waals surface area contributed by atoms with Gasteiger partial charge in [0.05, 0.1) is 0 Å². The van der Waals surface area contributed by atoms with Crippen LogP contribution in [0.1, 0.15) is 20.8 Å². The number of rotatable bonds is 3. The predicted molar refractivity (Wildman–Crippen MR) is 54.8 cm³/mol. The van der Waals surface area contributed by atoms with Gasteiger partial charge in [0, 0.05) is 11.1 Å². The van der Waals surface area contributed by atoms with Crippen LogP contribution < -0.4 is 0 Å². The number of hydrogen-bond acceptors (Lipinski definition) is 0. The van der Waals surface area contributed by atoms with E-state index in [0.29, 0.717) is 0 Å². The van der Waals surface area contributed by atoms with E-state index >= 15 is 0 Å². The van der Waals surface area contributed by atoms with E-state index in [2.05, 4.69) is 0 Å². The van der Waals surface area contributed by atoms with E-state index in [1.165, 1.54) is 0 Å². The van der Waals surface area contributed by atoms with Crippen LogP contribution in [0.2, 0.25) is 0 Å². The second-order valence-electron chi connectivity index (χ2n) is 5.07. The predicted octanol–water partition coefficient (Wildman–Crippen LogP) is 6.08. The first kappa shape index (κ1) is 22.8. The average molecular weight is 388 g/mol. The zero-order valence-electron chi connectivity index (χ0n) is 11.9. The zero-order valence-corrected chi connectivity index (χ0v) is 11.9. The molecule has 0 N–H and O–H groups in total. The molecule has 0 aliphatic heterocycles. The molecule has 0 aromatic heterocycles. The Morgan fingerprint density at radius 1 is 0.500 bits per heavy atom. The maximum atomic E-state index is 13.8. The van der Waals surface area contributed by atoms with E-state index < -0.39 is 67.7 Å². The highest BCUT2D eigenvalue weighted by molar-refractivity contribution is 5.38. The maximum Gasteiger partial charge on any atom is 0.457 e. The van der Waals surface area contributed by atoms with E-state index in [0.717, 1.165) is 0 Å². The highest BCUT2D eigenvalue weighted by Gasteiger charge is 2.70. The third-order valence-corrected chi connectivity index (χ3v) is 3.21. The summed E-state index contributed by atoms with van der Waals surface area (Å²) in [7, 11) is 0. The fraction of sp³-hybridized carbons (Fsp3) is 0.818. The quantitative estimate of drug-likeness (QED) is 0.406. The summed E-state index contributed by atoms with van der Waals surface area (Å²) in [5.74, 6) is -6.33. The fourth-order valence-corrected chi connectivity index (χ4v) is 1.80. The first-order valence-corrected chi connectivity index (χ1v) is 5.71. The zero-order chi connectivity index (χ0) is 20.2. The van der Waals surface area contributed by atoms with Crippen LogP contribution in [-0.4, -0.2) is 35.8 Å². The van der Waals surface area contributed by atoms with Crippen LogP contribution in [-0.2, 0) is 0 Å². The van der Waals surface area contributed by atoms with Gasteiger partial charge in [0.1, 0.15) is 0 Å². The summed E-state index contributed by atoms with van der Waals surface area (Å²) in [4.78, 5) is 0. The molecule has 0 aliphatic carbocycles. The van der Waals surface area contributed by atoms with Gasteiger partial charge in [-0.3, -0.25) is 0 Å². The Hall–Kier alpha value is -1.17. The van der Waals surface area contributed by atoms with E-state index in [4.69, 9.17) is 0 Å². The normalized spacial score (nSPS) is 19.5. The summed E-state index contributed by atoms with van der Waals surface area (Å²) in [5.41, 5.74) is -17.4. The molecule has 0 amide bonds. The molecule has 0 aromatic carbocycles. The molecule has 0 bridgehead atoms. The summed E-state index contributed by atoms with van der Waals surface area (Å²) in [6.45, 7) is -2.10. The van der Waals surface area contributed by atoms with E-state index in [1.807, 2.05) is 0 Å². The third-order valence-electron chi connectivity index (χ3n) is 3.21. The van der Waals surface area contributed by atoms with E-state index in [9.17, 15) is 57.1 Å². The van der Waals surface area contributed by atoms with Crippen molar-refractivity contribution in [3.63, 3.8) is 0 Å². The summed E-state index contributed by atoms with van der Waals surface area (Å²) in [6, 6.07) is 0. The molecule has 0 aromatic rings. The topological polar surface area (TPSA) is 0 Å². The molecule has 0 spiro atoms. The lowest BCUT2D eigenvalue weighted by Gasteiger charge is -2.38. The minimum Gasteiger partial charge on any atom is -0.229 e. The number of alkyl halides is 13. The Labute approximate surface area is 126 Å². The lowest BCUT2D eigenvalue weighted by molar-refractivity contribution is -0.270. The average Bonchev–Trinajstić information content (AvgIpc) is 2.23. The van der Waals surface area contributed by atoms with Crippen LogP contribution in [0.4, 0.5) is 57.1 Å².